The maximum Gasteiger partial charge on any atom is 0.133 e. The monoisotopic (exact) mass is 808 g/mol. The van der Waals surface area contributed by atoms with Gasteiger partial charge in [0.1, 0.15) is 5.84 Å². The predicted octanol–water partition coefficient (Wildman–Crippen LogP) is 14.2. The van der Waals surface area contributed by atoms with Gasteiger partial charge in [0.05, 0.1) is 17.6 Å². The number of aryl methyl sites for hydroxylation is 1. The van der Waals surface area contributed by atoms with Crippen LogP contribution in [0.5, 0.6) is 0 Å². The fourth-order valence-electron chi connectivity index (χ4n) is 9.97. The molecule has 2 atom stereocenters. The molecule has 63 heavy (non-hydrogen) atoms. The van der Waals surface area contributed by atoms with Crippen molar-refractivity contribution in [2.24, 2.45) is 4.99 Å². The first kappa shape index (κ1) is 36.9. The van der Waals surface area contributed by atoms with Gasteiger partial charge in [-0.05, 0) is 117 Å². The lowest BCUT2D eigenvalue weighted by molar-refractivity contribution is 0.880. The number of hydrogen-bond donors (Lipinski definition) is 2. The lowest BCUT2D eigenvalue weighted by Gasteiger charge is -2.32. The number of aromatic nitrogens is 1. The molecule has 300 valence electrons. The quantitative estimate of drug-likeness (QED) is 0.168. The fourth-order valence-corrected chi connectivity index (χ4v) is 9.97. The summed E-state index contributed by atoms with van der Waals surface area (Å²) in [5.41, 5.74) is 20.4. The maximum absolute atomic E-state index is 5.39. The van der Waals surface area contributed by atoms with Gasteiger partial charge in [-0.15, -0.1) is 0 Å². The smallest absolute Gasteiger partial charge is 0.133 e. The molecular formula is C59H44N4. The molecule has 0 amide bonds. The predicted molar refractivity (Wildman–Crippen MR) is 262 cm³/mol. The molecule has 3 aliphatic rings. The molecule has 3 heterocycles. The summed E-state index contributed by atoms with van der Waals surface area (Å²) in [6.07, 6.45) is 9.02. The molecular weight excluding hydrogens is 765 g/mol. The Morgan fingerprint density at radius 2 is 1.24 bits per heavy atom. The van der Waals surface area contributed by atoms with Crippen molar-refractivity contribution < 1.29 is 0 Å². The topological polar surface area (TPSA) is 41.4 Å². The Morgan fingerprint density at radius 3 is 2.10 bits per heavy atom. The van der Waals surface area contributed by atoms with Gasteiger partial charge in [-0.25, -0.2) is 0 Å². The molecule has 0 fully saturated rings. The average molecular weight is 809 g/mol. The fraction of sp³-hybridized carbons (Fsp3) is 0.0678. The van der Waals surface area contributed by atoms with E-state index in [1.54, 1.807) is 0 Å². The van der Waals surface area contributed by atoms with Crippen LogP contribution >= 0.6 is 0 Å². The second-order valence-corrected chi connectivity index (χ2v) is 16.7. The third-order valence-corrected chi connectivity index (χ3v) is 12.9. The number of nitrogens with one attached hydrogen (secondary N) is 2. The van der Waals surface area contributed by atoms with Crippen LogP contribution in [-0.4, -0.2) is 10.4 Å². The standard InChI is InChI=1S/C59H44N4/c1-4-17-39(18-5-1)47-29-16-30-50-57(47)51-37-43(33-34-52(51)60-58(50)40-19-6-2-7-20-40)42-23-14-24-44(35-42)53-38-54(62-59(61-53)41-21-8-3-9-22-41)45-25-15-26-46(36-45)63-55-31-12-10-27-48(55)49-28-11-13-32-56(49)63/h1-10,12-27,29-38,53,58,60H,11,28H2,(H,61,62). The summed E-state index contributed by atoms with van der Waals surface area (Å²) in [6.45, 7) is 0. The van der Waals surface area contributed by atoms with Crippen LogP contribution in [-0.2, 0) is 6.42 Å². The molecule has 4 heteroatoms. The number of hydrogen-bond acceptors (Lipinski definition) is 3. The molecule has 2 aliphatic heterocycles. The number of para-hydroxylation sites is 1. The summed E-state index contributed by atoms with van der Waals surface area (Å²) in [5.74, 6) is 0.860. The van der Waals surface area contributed by atoms with Crippen LogP contribution in [0.25, 0.3) is 61.7 Å². The Balaban J connectivity index is 0.951. The van der Waals surface area contributed by atoms with Crippen LogP contribution < -0.4 is 10.6 Å². The van der Waals surface area contributed by atoms with Gasteiger partial charge < -0.3 is 15.2 Å². The largest absolute Gasteiger partial charge is 0.374 e. The Labute approximate surface area is 368 Å². The van der Waals surface area contributed by atoms with Crippen molar-refractivity contribution in [2.45, 2.75) is 24.9 Å². The highest BCUT2D eigenvalue weighted by atomic mass is 15.0. The zero-order valence-electron chi connectivity index (χ0n) is 34.7. The number of amidine groups is 1. The van der Waals surface area contributed by atoms with Gasteiger partial charge in [0.2, 0.25) is 0 Å². The van der Waals surface area contributed by atoms with Crippen molar-refractivity contribution in [3.8, 4) is 39.1 Å². The van der Waals surface area contributed by atoms with Crippen molar-refractivity contribution in [3.63, 3.8) is 0 Å². The average Bonchev–Trinajstić information content (AvgIpc) is 3.71. The molecule has 0 spiro atoms. The van der Waals surface area contributed by atoms with Crippen LogP contribution in [0.15, 0.2) is 217 Å². The van der Waals surface area contributed by atoms with Crippen molar-refractivity contribution in [3.05, 3.63) is 251 Å². The maximum atomic E-state index is 5.39. The number of benzene rings is 8. The van der Waals surface area contributed by atoms with Crippen LogP contribution in [0, 0.1) is 0 Å². The number of allylic oxidation sites excluding steroid dienone is 1. The second kappa shape index (κ2) is 15.5. The van der Waals surface area contributed by atoms with Gasteiger partial charge >= 0.3 is 0 Å². The number of nitrogens with zero attached hydrogens (tertiary/aromatic N) is 2. The van der Waals surface area contributed by atoms with E-state index in [-0.39, 0.29) is 12.1 Å². The van der Waals surface area contributed by atoms with Crippen LogP contribution in [0.4, 0.5) is 5.69 Å². The third kappa shape index (κ3) is 6.59. The zero-order valence-corrected chi connectivity index (χ0v) is 34.7. The first-order chi connectivity index (χ1) is 31.2. The molecule has 9 aromatic rings. The van der Waals surface area contributed by atoms with E-state index < -0.39 is 0 Å². The highest BCUT2D eigenvalue weighted by Crippen LogP contribution is 2.49. The summed E-state index contributed by atoms with van der Waals surface area (Å²) in [7, 11) is 0. The lowest BCUT2D eigenvalue weighted by Crippen LogP contribution is -2.27. The minimum absolute atomic E-state index is 0.0367. The zero-order chi connectivity index (χ0) is 41.7. The SMILES string of the molecule is C1=Cc2c(c3ccccc3n2-c2cccc(C3=CC(c4cccc(-c5ccc6c(c5)-c5c(-c7ccccc7)cccc5C(c5ccccc5)N6)c4)N=C(c4ccccc4)N3)c2)CC1. The normalized spacial score (nSPS) is 16.2. The van der Waals surface area contributed by atoms with Crippen molar-refractivity contribution in [1.29, 1.82) is 0 Å². The molecule has 12 rings (SSSR count). The van der Waals surface area contributed by atoms with E-state index in [0.717, 1.165) is 58.0 Å². The Morgan fingerprint density at radius 1 is 0.540 bits per heavy atom. The van der Waals surface area contributed by atoms with Gasteiger partial charge in [-0.2, -0.15) is 0 Å². The van der Waals surface area contributed by atoms with Crippen molar-refractivity contribution >= 4 is 34.2 Å². The molecule has 4 nitrogen and oxygen atoms in total. The van der Waals surface area contributed by atoms with Crippen LogP contribution in [0.2, 0.25) is 0 Å². The van der Waals surface area contributed by atoms with Crippen LogP contribution in [0.1, 0.15) is 57.6 Å². The lowest BCUT2D eigenvalue weighted by atomic mass is 9.81. The summed E-state index contributed by atoms with van der Waals surface area (Å²) in [5, 5.41) is 9.03. The minimum atomic E-state index is -0.209. The van der Waals surface area contributed by atoms with Gasteiger partial charge in [-0.3, -0.25) is 4.99 Å². The summed E-state index contributed by atoms with van der Waals surface area (Å²) in [4.78, 5) is 5.39. The van der Waals surface area contributed by atoms with E-state index in [4.69, 9.17) is 4.99 Å². The minimum Gasteiger partial charge on any atom is -0.374 e. The number of aliphatic imine (C=N–C) groups is 1. The number of fused-ring (bicyclic) bond motifs is 6. The molecule has 2 unspecified atom stereocenters. The van der Waals surface area contributed by atoms with E-state index in [9.17, 15) is 0 Å². The summed E-state index contributed by atoms with van der Waals surface area (Å²) < 4.78 is 2.43. The van der Waals surface area contributed by atoms with Gasteiger partial charge in [0.25, 0.3) is 0 Å². The molecule has 0 bridgehead atoms. The third-order valence-electron chi connectivity index (χ3n) is 12.9. The summed E-state index contributed by atoms with van der Waals surface area (Å²) >= 11 is 0. The van der Waals surface area contributed by atoms with Gasteiger partial charge in [0.15, 0.2) is 0 Å². The Bertz CT molecular complexity index is 3280. The molecule has 0 radical (unpaired) electrons. The van der Waals surface area contributed by atoms with Crippen molar-refractivity contribution in [2.75, 3.05) is 5.32 Å². The molecule has 0 saturated heterocycles. The van der Waals surface area contributed by atoms with E-state index in [1.165, 1.54) is 61.1 Å². The number of anilines is 1. The van der Waals surface area contributed by atoms with E-state index in [0.29, 0.717) is 0 Å². The highest BCUT2D eigenvalue weighted by Gasteiger charge is 2.29. The Hall–Kier alpha value is -7.95. The molecule has 0 saturated carbocycles. The van der Waals surface area contributed by atoms with Gasteiger partial charge in [-0.1, -0.05) is 170 Å². The molecule has 1 aliphatic carbocycles. The van der Waals surface area contributed by atoms with E-state index in [1.807, 2.05) is 0 Å². The first-order valence-electron chi connectivity index (χ1n) is 22.0. The highest BCUT2D eigenvalue weighted by molar-refractivity contribution is 6.05. The van der Waals surface area contributed by atoms with E-state index >= 15 is 0 Å². The van der Waals surface area contributed by atoms with E-state index in [2.05, 4.69) is 234 Å². The summed E-state index contributed by atoms with van der Waals surface area (Å²) in [6, 6.07) is 72.2. The second-order valence-electron chi connectivity index (χ2n) is 16.7. The van der Waals surface area contributed by atoms with Gasteiger partial charge in [0, 0.05) is 39.3 Å². The number of rotatable bonds is 7. The molecule has 1 aromatic heterocycles. The Kier molecular flexibility index (Phi) is 9.07. The first-order valence-corrected chi connectivity index (χ1v) is 22.0. The molecule has 8 aromatic carbocycles. The van der Waals surface area contributed by atoms with Crippen molar-refractivity contribution in [1.82, 2.24) is 9.88 Å². The molecule has 2 N–H and O–H groups in total. The van der Waals surface area contributed by atoms with Crippen LogP contribution in [0.3, 0.4) is 0 Å².